The Bertz CT molecular complexity index is 402. The lowest BCUT2D eigenvalue weighted by Gasteiger charge is -2.24. The van der Waals surface area contributed by atoms with Crippen LogP contribution in [0.25, 0.3) is 0 Å². The van der Waals surface area contributed by atoms with Crippen LogP contribution in [0.2, 0.25) is 5.02 Å². The van der Waals surface area contributed by atoms with Gasteiger partial charge in [0.1, 0.15) is 0 Å². The average Bonchev–Trinajstić information content (AvgIpc) is 2.40. The fraction of sp³-hybridized carbons (Fsp3) is 0.500. The predicted octanol–water partition coefficient (Wildman–Crippen LogP) is 3.08. The van der Waals surface area contributed by atoms with Gasteiger partial charge in [0.15, 0.2) is 0 Å². The number of carbonyl (C=O) groups excluding carboxylic acids is 1. The maximum absolute atomic E-state index is 12.0. The van der Waals surface area contributed by atoms with Crippen molar-refractivity contribution in [1.29, 1.82) is 0 Å². The zero-order chi connectivity index (χ0) is 13.0. The number of nitrogens with one attached hydrogen (secondary N) is 2. The van der Waals surface area contributed by atoms with E-state index >= 15 is 0 Å². The lowest BCUT2D eigenvalue weighted by Crippen LogP contribution is -2.47. The number of rotatable bonds is 3. The molecule has 0 saturated carbocycles. The number of amides is 1. The van der Waals surface area contributed by atoms with Gasteiger partial charge in [-0.1, -0.05) is 30.2 Å². The lowest BCUT2D eigenvalue weighted by atomic mass is 10.0. The van der Waals surface area contributed by atoms with E-state index in [2.05, 4.69) is 10.6 Å². The van der Waals surface area contributed by atoms with Crippen molar-refractivity contribution in [2.45, 2.75) is 38.3 Å². The standard InChI is InChI=1S/C14H19ClN2O.ClH/c1-10(11-5-7-12(15)8-6-11)17-14(18)13-4-2-3-9-16-13;/h5-8,10,13,16H,2-4,9H2,1H3,(H,17,18);1H/t10?,13-;/m1./s1. The first-order valence-corrected chi connectivity index (χ1v) is 6.84. The molecule has 106 valence electrons. The van der Waals surface area contributed by atoms with Crippen LogP contribution in [0.3, 0.4) is 0 Å². The fourth-order valence-corrected chi connectivity index (χ4v) is 2.35. The van der Waals surface area contributed by atoms with E-state index in [4.69, 9.17) is 11.6 Å². The third kappa shape index (κ3) is 4.68. The van der Waals surface area contributed by atoms with Crippen LogP contribution in [-0.2, 0) is 4.79 Å². The van der Waals surface area contributed by atoms with Crippen LogP contribution in [0.5, 0.6) is 0 Å². The van der Waals surface area contributed by atoms with Gasteiger partial charge < -0.3 is 10.6 Å². The van der Waals surface area contributed by atoms with Crippen molar-refractivity contribution in [3.63, 3.8) is 0 Å². The van der Waals surface area contributed by atoms with Crippen LogP contribution >= 0.6 is 24.0 Å². The Balaban J connectivity index is 0.00000180. The van der Waals surface area contributed by atoms with Crippen molar-refractivity contribution in [2.24, 2.45) is 0 Å². The molecule has 1 unspecified atom stereocenters. The van der Waals surface area contributed by atoms with Gasteiger partial charge in [0, 0.05) is 5.02 Å². The largest absolute Gasteiger partial charge is 0.348 e. The summed E-state index contributed by atoms with van der Waals surface area (Å²) < 4.78 is 0. The summed E-state index contributed by atoms with van der Waals surface area (Å²) in [5.41, 5.74) is 1.07. The van der Waals surface area contributed by atoms with Gasteiger partial charge in [0.2, 0.25) is 5.91 Å². The van der Waals surface area contributed by atoms with E-state index in [1.807, 2.05) is 31.2 Å². The summed E-state index contributed by atoms with van der Waals surface area (Å²) in [7, 11) is 0. The Morgan fingerprint density at radius 2 is 2.05 bits per heavy atom. The molecule has 5 heteroatoms. The number of piperidine rings is 1. The van der Waals surface area contributed by atoms with Gasteiger partial charge >= 0.3 is 0 Å². The highest BCUT2D eigenvalue weighted by Gasteiger charge is 2.21. The first-order chi connectivity index (χ1) is 8.66. The molecule has 1 saturated heterocycles. The molecule has 19 heavy (non-hydrogen) atoms. The molecule has 1 amide bonds. The molecule has 1 heterocycles. The normalized spacial score (nSPS) is 20.2. The van der Waals surface area contributed by atoms with Crippen molar-refractivity contribution in [2.75, 3.05) is 6.54 Å². The van der Waals surface area contributed by atoms with Crippen LogP contribution < -0.4 is 10.6 Å². The van der Waals surface area contributed by atoms with Gasteiger partial charge in [-0.3, -0.25) is 4.79 Å². The SMILES string of the molecule is CC(NC(=O)[C@H]1CCCCN1)c1ccc(Cl)cc1.Cl. The Morgan fingerprint density at radius 1 is 1.37 bits per heavy atom. The van der Waals surface area contributed by atoms with Gasteiger partial charge in [0.05, 0.1) is 12.1 Å². The molecule has 1 aliphatic heterocycles. The van der Waals surface area contributed by atoms with Gasteiger partial charge in [-0.25, -0.2) is 0 Å². The molecular weight excluding hydrogens is 283 g/mol. The predicted molar refractivity (Wildman–Crippen MR) is 80.9 cm³/mol. The summed E-state index contributed by atoms with van der Waals surface area (Å²) in [5, 5.41) is 7.01. The maximum Gasteiger partial charge on any atom is 0.237 e. The summed E-state index contributed by atoms with van der Waals surface area (Å²) >= 11 is 5.85. The molecule has 1 aliphatic rings. The highest BCUT2D eigenvalue weighted by atomic mass is 35.5. The molecule has 3 nitrogen and oxygen atoms in total. The highest BCUT2D eigenvalue weighted by Crippen LogP contribution is 2.16. The van der Waals surface area contributed by atoms with Gasteiger partial charge in [-0.2, -0.15) is 0 Å². The molecule has 2 rings (SSSR count). The first-order valence-electron chi connectivity index (χ1n) is 6.46. The number of benzene rings is 1. The minimum Gasteiger partial charge on any atom is -0.348 e. The molecule has 2 N–H and O–H groups in total. The van der Waals surface area contributed by atoms with Crippen LogP contribution in [0.4, 0.5) is 0 Å². The van der Waals surface area contributed by atoms with Crippen molar-refractivity contribution < 1.29 is 4.79 Å². The number of carbonyl (C=O) groups is 1. The van der Waals surface area contributed by atoms with E-state index in [9.17, 15) is 4.79 Å². The molecule has 1 aromatic rings. The van der Waals surface area contributed by atoms with Gasteiger partial charge in [-0.15, -0.1) is 12.4 Å². The molecular formula is C14H20Cl2N2O. The zero-order valence-electron chi connectivity index (χ0n) is 11.0. The lowest BCUT2D eigenvalue weighted by molar-refractivity contribution is -0.124. The quantitative estimate of drug-likeness (QED) is 0.901. The van der Waals surface area contributed by atoms with Crippen molar-refractivity contribution in [3.05, 3.63) is 34.9 Å². The summed E-state index contributed by atoms with van der Waals surface area (Å²) in [4.78, 5) is 12.0. The molecule has 2 atom stereocenters. The number of halogens is 2. The van der Waals surface area contributed by atoms with E-state index < -0.39 is 0 Å². The van der Waals surface area contributed by atoms with Crippen LogP contribution in [-0.4, -0.2) is 18.5 Å². The molecule has 1 fully saturated rings. The molecule has 0 aromatic heterocycles. The topological polar surface area (TPSA) is 41.1 Å². The second-order valence-electron chi connectivity index (χ2n) is 4.78. The third-order valence-corrected chi connectivity index (χ3v) is 3.61. The van der Waals surface area contributed by atoms with Crippen molar-refractivity contribution >= 4 is 29.9 Å². The third-order valence-electron chi connectivity index (χ3n) is 3.36. The molecule has 1 aromatic carbocycles. The Morgan fingerprint density at radius 3 is 2.63 bits per heavy atom. The van der Waals surface area contributed by atoms with E-state index in [1.54, 1.807) is 0 Å². The number of hydrogen-bond acceptors (Lipinski definition) is 2. The van der Waals surface area contributed by atoms with Gasteiger partial charge in [-0.05, 0) is 44.0 Å². The summed E-state index contributed by atoms with van der Waals surface area (Å²) in [6.07, 6.45) is 3.22. The average molecular weight is 303 g/mol. The minimum atomic E-state index is -0.0338. The van der Waals surface area contributed by atoms with E-state index in [-0.39, 0.29) is 30.4 Å². The molecule has 0 radical (unpaired) electrons. The minimum absolute atomic E-state index is 0. The Kier molecular flexibility index (Phi) is 6.63. The van der Waals surface area contributed by atoms with E-state index in [0.29, 0.717) is 5.02 Å². The van der Waals surface area contributed by atoms with E-state index in [1.165, 1.54) is 0 Å². The van der Waals surface area contributed by atoms with Crippen LogP contribution in [0.1, 0.15) is 37.8 Å². The Labute approximate surface area is 125 Å². The highest BCUT2D eigenvalue weighted by molar-refractivity contribution is 6.30. The zero-order valence-corrected chi connectivity index (χ0v) is 12.6. The molecule has 0 spiro atoms. The second-order valence-corrected chi connectivity index (χ2v) is 5.22. The molecule has 0 bridgehead atoms. The monoisotopic (exact) mass is 302 g/mol. The summed E-state index contributed by atoms with van der Waals surface area (Å²) in [6, 6.07) is 7.56. The Hall–Kier alpha value is -0.770. The number of hydrogen-bond donors (Lipinski definition) is 2. The van der Waals surface area contributed by atoms with Crippen molar-refractivity contribution in [3.8, 4) is 0 Å². The van der Waals surface area contributed by atoms with Crippen LogP contribution in [0.15, 0.2) is 24.3 Å². The van der Waals surface area contributed by atoms with E-state index in [0.717, 1.165) is 31.4 Å². The second kappa shape index (κ2) is 7.73. The summed E-state index contributed by atoms with van der Waals surface area (Å²) in [5.74, 6) is 0.0946. The smallest absolute Gasteiger partial charge is 0.237 e. The van der Waals surface area contributed by atoms with Gasteiger partial charge in [0.25, 0.3) is 0 Å². The fourth-order valence-electron chi connectivity index (χ4n) is 2.22. The maximum atomic E-state index is 12.0. The first kappa shape index (κ1) is 16.3. The molecule has 0 aliphatic carbocycles. The van der Waals surface area contributed by atoms with Crippen molar-refractivity contribution in [1.82, 2.24) is 10.6 Å². The van der Waals surface area contributed by atoms with Crippen LogP contribution in [0, 0.1) is 0 Å². The summed E-state index contributed by atoms with van der Waals surface area (Å²) in [6.45, 7) is 2.93.